The summed E-state index contributed by atoms with van der Waals surface area (Å²) in [6, 6.07) is 2.09. The quantitative estimate of drug-likeness (QED) is 0.786. The van der Waals surface area contributed by atoms with E-state index in [1.807, 2.05) is 0 Å². The summed E-state index contributed by atoms with van der Waals surface area (Å²) in [5.74, 6) is 0.726. The fourth-order valence-corrected chi connectivity index (χ4v) is 1.52. The third-order valence-corrected chi connectivity index (χ3v) is 2.83. The second-order valence-corrected chi connectivity index (χ2v) is 4.07. The fraction of sp³-hybridized carbons (Fsp3) is 0.375. The van der Waals surface area contributed by atoms with Crippen molar-refractivity contribution in [2.75, 3.05) is 5.73 Å². The molecule has 3 heteroatoms. The molecule has 1 aromatic rings. The Hall–Kier alpha value is -0.320. The minimum absolute atomic E-state index is 0.726. The molecule has 0 saturated heterocycles. The minimum Gasteiger partial charge on any atom is -0.397 e. The van der Waals surface area contributed by atoms with Crippen molar-refractivity contribution in [3.05, 3.63) is 21.5 Å². The molecule has 11 heavy (non-hydrogen) atoms. The van der Waals surface area contributed by atoms with Crippen LogP contribution in [0, 0.1) is 3.57 Å². The van der Waals surface area contributed by atoms with E-state index >= 15 is 0 Å². The summed E-state index contributed by atoms with van der Waals surface area (Å²) in [5.41, 5.74) is 7.64. The Balaban J connectivity index is 2.36. The van der Waals surface area contributed by atoms with Crippen LogP contribution in [0.1, 0.15) is 24.5 Å². The van der Waals surface area contributed by atoms with Gasteiger partial charge in [-0.1, -0.05) is 0 Å². The molecule has 1 saturated carbocycles. The van der Waals surface area contributed by atoms with Crippen LogP contribution in [-0.4, -0.2) is 4.98 Å². The first-order valence-corrected chi connectivity index (χ1v) is 4.76. The third kappa shape index (κ3) is 1.47. The van der Waals surface area contributed by atoms with Gasteiger partial charge in [-0.2, -0.15) is 0 Å². The summed E-state index contributed by atoms with van der Waals surface area (Å²) < 4.78 is 1.12. The lowest BCUT2D eigenvalue weighted by Crippen LogP contribution is -1.93. The van der Waals surface area contributed by atoms with E-state index in [2.05, 4.69) is 33.6 Å². The van der Waals surface area contributed by atoms with Gasteiger partial charge in [0, 0.05) is 15.2 Å². The molecule has 0 amide bonds. The zero-order chi connectivity index (χ0) is 7.84. The predicted octanol–water partition coefficient (Wildman–Crippen LogP) is 2.15. The van der Waals surface area contributed by atoms with Crippen LogP contribution in [0.5, 0.6) is 0 Å². The average molecular weight is 260 g/mol. The highest BCUT2D eigenvalue weighted by molar-refractivity contribution is 14.1. The van der Waals surface area contributed by atoms with E-state index in [9.17, 15) is 0 Å². The number of hydrogen-bond donors (Lipinski definition) is 1. The fourth-order valence-electron chi connectivity index (χ4n) is 1.06. The first-order valence-electron chi connectivity index (χ1n) is 3.68. The number of nitrogen functional groups attached to an aromatic ring is 1. The van der Waals surface area contributed by atoms with Crippen LogP contribution in [0.25, 0.3) is 0 Å². The Morgan fingerprint density at radius 1 is 1.55 bits per heavy atom. The van der Waals surface area contributed by atoms with Crippen LogP contribution in [0.2, 0.25) is 0 Å². The molecule has 0 radical (unpaired) electrons. The van der Waals surface area contributed by atoms with E-state index in [0.717, 1.165) is 15.2 Å². The molecule has 0 atom stereocenters. The molecule has 0 unspecified atom stereocenters. The van der Waals surface area contributed by atoms with Gasteiger partial charge in [0.15, 0.2) is 0 Å². The molecule has 0 aromatic carbocycles. The zero-order valence-corrected chi connectivity index (χ0v) is 8.21. The van der Waals surface area contributed by atoms with Crippen LogP contribution in [0.15, 0.2) is 12.3 Å². The van der Waals surface area contributed by atoms with E-state index in [1.165, 1.54) is 18.5 Å². The van der Waals surface area contributed by atoms with Gasteiger partial charge in [-0.25, -0.2) is 0 Å². The topological polar surface area (TPSA) is 38.9 Å². The second kappa shape index (κ2) is 2.62. The maximum atomic E-state index is 5.64. The number of aromatic nitrogens is 1. The summed E-state index contributed by atoms with van der Waals surface area (Å²) in [4.78, 5) is 4.27. The van der Waals surface area contributed by atoms with E-state index in [-0.39, 0.29) is 0 Å². The molecule has 2 rings (SSSR count). The molecular weight excluding hydrogens is 251 g/mol. The number of pyridine rings is 1. The number of rotatable bonds is 1. The van der Waals surface area contributed by atoms with Gasteiger partial charge >= 0.3 is 0 Å². The lowest BCUT2D eigenvalue weighted by molar-refractivity contribution is 1.02. The first-order chi connectivity index (χ1) is 5.27. The zero-order valence-electron chi connectivity index (χ0n) is 6.05. The number of nitrogens with zero attached hydrogens (tertiary/aromatic N) is 1. The summed E-state index contributed by atoms with van der Waals surface area (Å²) in [5, 5.41) is 0. The molecular formula is C8H9IN2. The molecule has 0 bridgehead atoms. The molecule has 1 aliphatic carbocycles. The number of nitrogens with two attached hydrogens (primary N) is 1. The van der Waals surface area contributed by atoms with Crippen LogP contribution in [0.4, 0.5) is 5.69 Å². The summed E-state index contributed by atoms with van der Waals surface area (Å²) in [6.07, 6.45) is 4.36. The lowest BCUT2D eigenvalue weighted by atomic mass is 10.2. The molecule has 58 valence electrons. The SMILES string of the molecule is Nc1cnc(C2CC2)cc1I. The largest absolute Gasteiger partial charge is 0.397 e. The Morgan fingerprint density at radius 2 is 2.27 bits per heavy atom. The summed E-state index contributed by atoms with van der Waals surface area (Å²) >= 11 is 2.25. The molecule has 2 N–H and O–H groups in total. The molecule has 2 nitrogen and oxygen atoms in total. The van der Waals surface area contributed by atoms with Crippen LogP contribution in [0.3, 0.4) is 0 Å². The van der Waals surface area contributed by atoms with E-state index in [0.29, 0.717) is 0 Å². The van der Waals surface area contributed by atoms with Gasteiger partial charge in [-0.05, 0) is 41.5 Å². The monoisotopic (exact) mass is 260 g/mol. The van der Waals surface area contributed by atoms with Crippen LogP contribution >= 0.6 is 22.6 Å². The molecule has 1 heterocycles. The molecule has 1 aliphatic rings. The lowest BCUT2D eigenvalue weighted by Gasteiger charge is -1.99. The van der Waals surface area contributed by atoms with Gasteiger partial charge in [-0.15, -0.1) is 0 Å². The van der Waals surface area contributed by atoms with Crippen LogP contribution < -0.4 is 5.73 Å². The third-order valence-electron chi connectivity index (χ3n) is 1.90. The second-order valence-electron chi connectivity index (χ2n) is 2.90. The Morgan fingerprint density at radius 3 is 2.82 bits per heavy atom. The number of hydrogen-bond acceptors (Lipinski definition) is 2. The van der Waals surface area contributed by atoms with Crippen molar-refractivity contribution in [1.29, 1.82) is 0 Å². The Bertz CT molecular complexity index is 281. The summed E-state index contributed by atoms with van der Waals surface area (Å²) in [6.45, 7) is 0. The minimum atomic E-state index is 0.726. The maximum Gasteiger partial charge on any atom is 0.0636 e. The van der Waals surface area contributed by atoms with Gasteiger partial charge < -0.3 is 5.73 Å². The maximum absolute atomic E-state index is 5.64. The standard InChI is InChI=1S/C8H9IN2/c9-6-3-8(5-1-2-5)11-4-7(6)10/h3-5H,1-2,10H2. The normalized spacial score (nSPS) is 16.8. The highest BCUT2D eigenvalue weighted by Crippen LogP contribution is 2.39. The number of halogens is 1. The summed E-state index contributed by atoms with van der Waals surface area (Å²) in [7, 11) is 0. The van der Waals surface area contributed by atoms with Crippen molar-refractivity contribution in [1.82, 2.24) is 4.98 Å². The highest BCUT2D eigenvalue weighted by atomic mass is 127. The van der Waals surface area contributed by atoms with Gasteiger partial charge in [0.2, 0.25) is 0 Å². The average Bonchev–Trinajstić information content (AvgIpc) is 2.77. The van der Waals surface area contributed by atoms with Crippen molar-refractivity contribution in [3.8, 4) is 0 Å². The van der Waals surface area contributed by atoms with Crippen molar-refractivity contribution in [2.24, 2.45) is 0 Å². The molecule has 1 aromatic heterocycles. The Labute approximate surface area is 79.3 Å². The Kier molecular flexibility index (Phi) is 1.75. The van der Waals surface area contributed by atoms with Gasteiger partial charge in [0.1, 0.15) is 0 Å². The van der Waals surface area contributed by atoms with E-state index < -0.39 is 0 Å². The van der Waals surface area contributed by atoms with E-state index in [4.69, 9.17) is 5.73 Å². The predicted molar refractivity (Wildman–Crippen MR) is 53.3 cm³/mol. The molecule has 0 spiro atoms. The van der Waals surface area contributed by atoms with Crippen molar-refractivity contribution >= 4 is 28.3 Å². The molecule has 0 aliphatic heterocycles. The van der Waals surface area contributed by atoms with Crippen molar-refractivity contribution in [3.63, 3.8) is 0 Å². The first kappa shape index (κ1) is 7.34. The number of anilines is 1. The van der Waals surface area contributed by atoms with Crippen molar-refractivity contribution in [2.45, 2.75) is 18.8 Å². The van der Waals surface area contributed by atoms with Gasteiger partial charge in [-0.3, -0.25) is 4.98 Å². The smallest absolute Gasteiger partial charge is 0.0636 e. The van der Waals surface area contributed by atoms with Gasteiger partial charge in [0.25, 0.3) is 0 Å². The highest BCUT2D eigenvalue weighted by Gasteiger charge is 2.24. The molecule has 1 fully saturated rings. The van der Waals surface area contributed by atoms with E-state index in [1.54, 1.807) is 6.20 Å². The van der Waals surface area contributed by atoms with Crippen LogP contribution in [-0.2, 0) is 0 Å². The van der Waals surface area contributed by atoms with Crippen molar-refractivity contribution < 1.29 is 0 Å². The van der Waals surface area contributed by atoms with Gasteiger partial charge in [0.05, 0.1) is 11.9 Å².